The van der Waals surface area contributed by atoms with Crippen LogP contribution in [0.2, 0.25) is 0 Å². The molecule has 0 aliphatic heterocycles. The summed E-state index contributed by atoms with van der Waals surface area (Å²) in [4.78, 5) is 0. The first-order valence-corrected chi connectivity index (χ1v) is 6.89. The Morgan fingerprint density at radius 1 is 1.00 bits per heavy atom. The predicted octanol–water partition coefficient (Wildman–Crippen LogP) is 2.90. The summed E-state index contributed by atoms with van der Waals surface area (Å²) in [7, 11) is 0. The van der Waals surface area contributed by atoms with Crippen molar-refractivity contribution in [3.63, 3.8) is 0 Å². The Hall–Kier alpha value is -1.68. The first-order valence-electron chi connectivity index (χ1n) is 6.89. The van der Waals surface area contributed by atoms with E-state index >= 15 is 0 Å². The fourth-order valence-electron chi connectivity index (χ4n) is 2.17. The Labute approximate surface area is 113 Å². The van der Waals surface area contributed by atoms with Crippen molar-refractivity contribution < 1.29 is 5.11 Å². The highest BCUT2D eigenvalue weighted by Crippen LogP contribution is 2.22. The zero-order valence-electron chi connectivity index (χ0n) is 11.4. The van der Waals surface area contributed by atoms with Crippen LogP contribution in [0.15, 0.2) is 24.3 Å². The molecule has 1 aromatic carbocycles. The molecule has 4 heteroatoms. The topological polar surface area (TPSA) is 58.0 Å². The molecule has 0 atom stereocenters. The Balaban J connectivity index is 1.96. The van der Waals surface area contributed by atoms with Gasteiger partial charge in [0.15, 0.2) is 5.82 Å². The lowest BCUT2D eigenvalue weighted by Gasteiger charge is -2.09. The molecule has 19 heavy (non-hydrogen) atoms. The highest BCUT2D eigenvalue weighted by atomic mass is 16.2. The number of nitrogens with one attached hydrogen (secondary N) is 1. The molecule has 0 bridgehead atoms. The van der Waals surface area contributed by atoms with E-state index in [0.717, 1.165) is 54.5 Å². The summed E-state index contributed by atoms with van der Waals surface area (Å²) < 4.78 is 0. The molecule has 4 nitrogen and oxygen atoms in total. The Bertz CT molecular complexity index is 528. The molecule has 1 heterocycles. The molecule has 2 rings (SSSR count). The molecule has 0 saturated heterocycles. The van der Waals surface area contributed by atoms with Crippen molar-refractivity contribution in [3.8, 4) is 0 Å². The molecule has 102 valence electrons. The highest BCUT2D eigenvalue weighted by Gasteiger charge is 2.04. The zero-order chi connectivity index (χ0) is 13.5. The molecule has 0 aliphatic carbocycles. The summed E-state index contributed by atoms with van der Waals surface area (Å²) in [5, 5.41) is 22.8. The summed E-state index contributed by atoms with van der Waals surface area (Å²) >= 11 is 0. The van der Waals surface area contributed by atoms with Gasteiger partial charge in [0, 0.05) is 23.9 Å². The van der Waals surface area contributed by atoms with E-state index in [4.69, 9.17) is 5.11 Å². The SMILES string of the molecule is Cc1nnc(NCCCCCCO)c2ccccc12. The van der Waals surface area contributed by atoms with E-state index < -0.39 is 0 Å². The summed E-state index contributed by atoms with van der Waals surface area (Å²) in [6, 6.07) is 8.20. The van der Waals surface area contributed by atoms with Crippen LogP contribution in [0.25, 0.3) is 10.8 Å². The predicted molar refractivity (Wildman–Crippen MR) is 78.3 cm³/mol. The Morgan fingerprint density at radius 2 is 1.74 bits per heavy atom. The maximum atomic E-state index is 8.71. The second-order valence-corrected chi connectivity index (χ2v) is 4.74. The number of anilines is 1. The van der Waals surface area contributed by atoms with Crippen LogP contribution >= 0.6 is 0 Å². The third kappa shape index (κ3) is 3.64. The largest absolute Gasteiger partial charge is 0.396 e. The molecule has 0 aliphatic rings. The van der Waals surface area contributed by atoms with Crippen molar-refractivity contribution in [3.05, 3.63) is 30.0 Å². The number of aromatic nitrogens is 2. The lowest BCUT2D eigenvalue weighted by Crippen LogP contribution is -2.05. The van der Waals surface area contributed by atoms with Gasteiger partial charge >= 0.3 is 0 Å². The van der Waals surface area contributed by atoms with E-state index in [2.05, 4.69) is 27.6 Å². The van der Waals surface area contributed by atoms with Gasteiger partial charge in [0.2, 0.25) is 0 Å². The average Bonchev–Trinajstić information content (AvgIpc) is 2.45. The van der Waals surface area contributed by atoms with Gasteiger partial charge in [0.1, 0.15) is 0 Å². The van der Waals surface area contributed by atoms with Crippen LogP contribution in [-0.4, -0.2) is 28.5 Å². The lowest BCUT2D eigenvalue weighted by atomic mass is 10.1. The second-order valence-electron chi connectivity index (χ2n) is 4.74. The van der Waals surface area contributed by atoms with E-state index in [-0.39, 0.29) is 0 Å². The Morgan fingerprint density at radius 3 is 2.53 bits per heavy atom. The quantitative estimate of drug-likeness (QED) is 0.751. The first kappa shape index (κ1) is 13.7. The van der Waals surface area contributed by atoms with E-state index in [1.165, 1.54) is 0 Å². The zero-order valence-corrected chi connectivity index (χ0v) is 11.4. The number of aryl methyl sites for hydroxylation is 1. The van der Waals surface area contributed by atoms with Gasteiger partial charge in [-0.25, -0.2) is 0 Å². The molecule has 0 amide bonds. The number of hydrogen-bond acceptors (Lipinski definition) is 4. The third-order valence-electron chi connectivity index (χ3n) is 3.25. The molecular weight excluding hydrogens is 238 g/mol. The minimum absolute atomic E-state index is 0.293. The standard InChI is InChI=1S/C15H21N3O/c1-12-13-8-4-5-9-14(13)15(18-17-12)16-10-6-2-3-7-11-19/h4-5,8-9,19H,2-3,6-7,10-11H2,1H3,(H,16,18). The van der Waals surface area contributed by atoms with Crippen LogP contribution in [0.3, 0.4) is 0 Å². The fraction of sp³-hybridized carbons (Fsp3) is 0.467. The van der Waals surface area contributed by atoms with E-state index in [9.17, 15) is 0 Å². The molecular formula is C15H21N3O. The van der Waals surface area contributed by atoms with Gasteiger partial charge < -0.3 is 10.4 Å². The van der Waals surface area contributed by atoms with Crippen molar-refractivity contribution in [2.75, 3.05) is 18.5 Å². The minimum Gasteiger partial charge on any atom is -0.396 e. The minimum atomic E-state index is 0.293. The van der Waals surface area contributed by atoms with Gasteiger partial charge in [-0.15, -0.1) is 5.10 Å². The maximum Gasteiger partial charge on any atom is 0.156 e. The van der Waals surface area contributed by atoms with Crippen LogP contribution in [0.4, 0.5) is 5.82 Å². The summed E-state index contributed by atoms with van der Waals surface area (Å²) in [6.07, 6.45) is 4.19. The van der Waals surface area contributed by atoms with Crippen molar-refractivity contribution >= 4 is 16.6 Å². The number of unbranched alkanes of at least 4 members (excludes halogenated alkanes) is 3. The number of nitrogens with zero attached hydrogens (tertiary/aromatic N) is 2. The van der Waals surface area contributed by atoms with E-state index in [0.29, 0.717) is 6.61 Å². The van der Waals surface area contributed by atoms with Crippen LogP contribution in [0, 0.1) is 6.92 Å². The van der Waals surface area contributed by atoms with Gasteiger partial charge in [-0.05, 0) is 19.8 Å². The summed E-state index contributed by atoms with van der Waals surface area (Å²) in [5.41, 5.74) is 0.962. The van der Waals surface area contributed by atoms with E-state index in [1.54, 1.807) is 0 Å². The molecule has 0 fully saturated rings. The van der Waals surface area contributed by atoms with Crippen LogP contribution in [0.1, 0.15) is 31.4 Å². The number of rotatable bonds is 7. The van der Waals surface area contributed by atoms with Gasteiger partial charge in [0.05, 0.1) is 5.69 Å². The number of aliphatic hydroxyl groups excluding tert-OH is 1. The molecule has 0 spiro atoms. The third-order valence-corrected chi connectivity index (χ3v) is 3.25. The number of hydrogen-bond donors (Lipinski definition) is 2. The first-order chi connectivity index (χ1) is 9.33. The molecule has 0 saturated carbocycles. The fourth-order valence-corrected chi connectivity index (χ4v) is 2.17. The summed E-state index contributed by atoms with van der Waals surface area (Å²) in [5.74, 6) is 0.864. The van der Waals surface area contributed by atoms with Gasteiger partial charge in [-0.2, -0.15) is 5.10 Å². The van der Waals surface area contributed by atoms with Crippen LogP contribution in [-0.2, 0) is 0 Å². The van der Waals surface area contributed by atoms with Crippen molar-refractivity contribution in [1.29, 1.82) is 0 Å². The van der Waals surface area contributed by atoms with E-state index in [1.807, 2.05) is 19.1 Å². The Kier molecular flexibility index (Phi) is 5.10. The highest BCUT2D eigenvalue weighted by molar-refractivity contribution is 5.92. The van der Waals surface area contributed by atoms with Crippen LogP contribution < -0.4 is 5.32 Å². The lowest BCUT2D eigenvalue weighted by molar-refractivity contribution is 0.283. The monoisotopic (exact) mass is 259 g/mol. The van der Waals surface area contributed by atoms with Gasteiger partial charge in [-0.3, -0.25) is 0 Å². The molecule has 0 radical (unpaired) electrons. The maximum absolute atomic E-state index is 8.71. The molecule has 2 aromatic rings. The second kappa shape index (κ2) is 7.04. The summed E-state index contributed by atoms with van der Waals surface area (Å²) in [6.45, 7) is 3.17. The average molecular weight is 259 g/mol. The number of aliphatic hydroxyl groups is 1. The molecule has 1 aromatic heterocycles. The molecule has 2 N–H and O–H groups in total. The van der Waals surface area contributed by atoms with Crippen molar-refractivity contribution in [1.82, 2.24) is 10.2 Å². The number of benzene rings is 1. The normalized spacial score (nSPS) is 10.8. The smallest absolute Gasteiger partial charge is 0.156 e. The number of fused-ring (bicyclic) bond motifs is 1. The van der Waals surface area contributed by atoms with Gasteiger partial charge in [0.25, 0.3) is 0 Å². The van der Waals surface area contributed by atoms with Gasteiger partial charge in [-0.1, -0.05) is 37.1 Å². The van der Waals surface area contributed by atoms with Crippen molar-refractivity contribution in [2.45, 2.75) is 32.6 Å². The van der Waals surface area contributed by atoms with Crippen LogP contribution in [0.5, 0.6) is 0 Å². The molecule has 0 unspecified atom stereocenters. The van der Waals surface area contributed by atoms with Crippen molar-refractivity contribution in [2.24, 2.45) is 0 Å².